The molecule has 6 heteroatoms. The molecular formula is C10H7NO5. The Labute approximate surface area is 91.4 Å². The van der Waals surface area contributed by atoms with Crippen molar-refractivity contribution >= 4 is 23.8 Å². The average Bonchev–Trinajstić information content (AvgIpc) is 2.26. The first-order valence-corrected chi connectivity index (χ1v) is 3.96. The molecule has 1 N–H and O–H groups in total. The summed E-state index contributed by atoms with van der Waals surface area (Å²) < 4.78 is 8.35. The Morgan fingerprint density at radius 2 is 1.50 bits per heavy atom. The van der Waals surface area contributed by atoms with Gasteiger partial charge in [0.05, 0.1) is 6.42 Å². The SMILES string of the molecule is C#CC(=O)OC(=N)CCC(=O)OC(=O)C#C. The standard InChI is InChI=1S/C10H7NO5/c1-3-8(12)15-7(11)5-6-10(14)16-9(13)4-2/h1-2,11H,5-6H2. The van der Waals surface area contributed by atoms with E-state index < -0.39 is 23.8 Å². The molecule has 0 aliphatic heterocycles. The number of carbonyl (C=O) groups excluding carboxylic acids is 3. The van der Waals surface area contributed by atoms with Gasteiger partial charge in [0.1, 0.15) is 0 Å². The minimum atomic E-state index is -1.11. The summed E-state index contributed by atoms with van der Waals surface area (Å²) in [6, 6.07) is 0. The second kappa shape index (κ2) is 6.80. The highest BCUT2D eigenvalue weighted by Crippen LogP contribution is 1.96. The number of carbonyl (C=O) groups is 3. The fourth-order valence-corrected chi connectivity index (χ4v) is 0.592. The van der Waals surface area contributed by atoms with Gasteiger partial charge in [0, 0.05) is 18.3 Å². The molecule has 0 unspecified atom stereocenters. The van der Waals surface area contributed by atoms with Gasteiger partial charge < -0.3 is 9.47 Å². The van der Waals surface area contributed by atoms with Crippen LogP contribution in [-0.4, -0.2) is 23.8 Å². The van der Waals surface area contributed by atoms with E-state index in [-0.39, 0.29) is 12.8 Å². The predicted octanol–water partition coefficient (Wildman–Crippen LogP) is -0.377. The lowest BCUT2D eigenvalue weighted by Crippen LogP contribution is -2.14. The minimum absolute atomic E-state index is 0.218. The van der Waals surface area contributed by atoms with E-state index in [1.165, 1.54) is 0 Å². The number of rotatable bonds is 3. The van der Waals surface area contributed by atoms with Crippen molar-refractivity contribution in [2.75, 3.05) is 0 Å². The normalized spacial score (nSPS) is 8.12. The van der Waals surface area contributed by atoms with Crippen LogP contribution >= 0.6 is 0 Å². The maximum Gasteiger partial charge on any atom is 0.391 e. The van der Waals surface area contributed by atoms with Crippen LogP contribution in [0, 0.1) is 30.1 Å². The highest BCUT2D eigenvalue weighted by atomic mass is 16.6. The Morgan fingerprint density at radius 3 is 2.00 bits per heavy atom. The summed E-state index contributed by atoms with van der Waals surface area (Å²) in [6.07, 6.45) is 8.80. The molecule has 0 atom stereocenters. The summed E-state index contributed by atoms with van der Waals surface area (Å²) in [4.78, 5) is 31.8. The maximum atomic E-state index is 10.9. The monoisotopic (exact) mass is 221 g/mol. The summed E-state index contributed by atoms with van der Waals surface area (Å²) in [5.74, 6) is -0.345. The zero-order chi connectivity index (χ0) is 12.6. The third kappa shape index (κ3) is 5.95. The second-order valence-electron chi connectivity index (χ2n) is 2.36. The van der Waals surface area contributed by atoms with Crippen molar-refractivity contribution in [3.63, 3.8) is 0 Å². The van der Waals surface area contributed by atoms with E-state index in [2.05, 4.69) is 22.3 Å². The van der Waals surface area contributed by atoms with Gasteiger partial charge in [-0.3, -0.25) is 10.2 Å². The first kappa shape index (κ1) is 13.4. The molecule has 0 spiro atoms. The van der Waals surface area contributed by atoms with Crippen LogP contribution in [0.4, 0.5) is 0 Å². The topological polar surface area (TPSA) is 93.5 Å². The summed E-state index contributed by atoms with van der Waals surface area (Å²) in [5.41, 5.74) is 0. The second-order valence-corrected chi connectivity index (χ2v) is 2.36. The van der Waals surface area contributed by atoms with Gasteiger partial charge >= 0.3 is 17.9 Å². The van der Waals surface area contributed by atoms with Crippen molar-refractivity contribution in [3.8, 4) is 24.7 Å². The summed E-state index contributed by atoms with van der Waals surface area (Å²) in [6.45, 7) is 0. The number of hydrogen-bond acceptors (Lipinski definition) is 6. The summed E-state index contributed by atoms with van der Waals surface area (Å²) in [7, 11) is 0. The molecule has 0 aromatic heterocycles. The molecule has 0 radical (unpaired) electrons. The van der Waals surface area contributed by atoms with Crippen molar-refractivity contribution in [2.45, 2.75) is 12.8 Å². The maximum absolute atomic E-state index is 10.9. The van der Waals surface area contributed by atoms with Crippen molar-refractivity contribution in [1.82, 2.24) is 0 Å². The molecule has 0 aliphatic carbocycles. The van der Waals surface area contributed by atoms with Crippen LogP contribution in [0.2, 0.25) is 0 Å². The number of terminal acetylenes is 2. The van der Waals surface area contributed by atoms with Crippen molar-refractivity contribution in [1.29, 1.82) is 5.41 Å². The van der Waals surface area contributed by atoms with Crippen LogP contribution in [0.25, 0.3) is 0 Å². The largest absolute Gasteiger partial charge is 0.403 e. The lowest BCUT2D eigenvalue weighted by Gasteiger charge is -2.01. The third-order valence-electron chi connectivity index (χ3n) is 1.21. The Kier molecular flexibility index (Phi) is 5.69. The quantitative estimate of drug-likeness (QED) is 0.175. The van der Waals surface area contributed by atoms with Gasteiger partial charge in [0.2, 0.25) is 0 Å². The number of ether oxygens (including phenoxy) is 2. The van der Waals surface area contributed by atoms with E-state index in [0.29, 0.717) is 0 Å². The Bertz CT molecular complexity index is 370. The number of nitrogens with one attached hydrogen (secondary N) is 1. The zero-order valence-corrected chi connectivity index (χ0v) is 8.11. The Balaban J connectivity index is 3.90. The number of hydrogen-bond donors (Lipinski definition) is 1. The van der Waals surface area contributed by atoms with Crippen LogP contribution < -0.4 is 0 Å². The van der Waals surface area contributed by atoms with Crippen molar-refractivity contribution in [2.24, 2.45) is 0 Å². The fourth-order valence-electron chi connectivity index (χ4n) is 0.592. The van der Waals surface area contributed by atoms with Gasteiger partial charge in [-0.2, -0.15) is 0 Å². The van der Waals surface area contributed by atoms with Gasteiger partial charge in [-0.15, -0.1) is 12.8 Å². The first-order chi connectivity index (χ1) is 7.49. The molecular weight excluding hydrogens is 214 g/mol. The first-order valence-electron chi connectivity index (χ1n) is 3.96. The molecule has 0 amide bonds. The van der Waals surface area contributed by atoms with Crippen LogP contribution in [0.5, 0.6) is 0 Å². The molecule has 0 saturated carbocycles. The molecule has 0 aliphatic rings. The van der Waals surface area contributed by atoms with Gasteiger partial charge in [0.25, 0.3) is 0 Å². The molecule has 0 heterocycles. The predicted molar refractivity (Wildman–Crippen MR) is 51.8 cm³/mol. The Hall–Kier alpha value is -2.60. The molecule has 0 bridgehead atoms. The highest BCUT2D eigenvalue weighted by Gasteiger charge is 2.11. The van der Waals surface area contributed by atoms with Crippen molar-refractivity contribution < 1.29 is 23.9 Å². The van der Waals surface area contributed by atoms with Gasteiger partial charge in [0.15, 0.2) is 5.90 Å². The molecule has 82 valence electrons. The molecule has 0 aromatic rings. The highest BCUT2D eigenvalue weighted by molar-refractivity contribution is 5.98. The Morgan fingerprint density at radius 1 is 1.00 bits per heavy atom. The molecule has 0 saturated heterocycles. The van der Waals surface area contributed by atoms with E-state index >= 15 is 0 Å². The third-order valence-corrected chi connectivity index (χ3v) is 1.21. The van der Waals surface area contributed by atoms with Gasteiger partial charge in [-0.1, -0.05) is 0 Å². The molecule has 6 nitrogen and oxygen atoms in total. The molecule has 0 fully saturated rings. The molecule has 0 rings (SSSR count). The number of esters is 3. The molecule has 16 heavy (non-hydrogen) atoms. The minimum Gasteiger partial charge on any atom is -0.403 e. The fraction of sp³-hybridized carbons (Fsp3) is 0.200. The van der Waals surface area contributed by atoms with Crippen LogP contribution in [0.1, 0.15) is 12.8 Å². The molecule has 0 aromatic carbocycles. The smallest absolute Gasteiger partial charge is 0.391 e. The van der Waals surface area contributed by atoms with E-state index in [1.54, 1.807) is 11.8 Å². The van der Waals surface area contributed by atoms with Crippen molar-refractivity contribution in [3.05, 3.63) is 0 Å². The lowest BCUT2D eigenvalue weighted by molar-refractivity contribution is -0.155. The van der Waals surface area contributed by atoms with Crippen LogP contribution in [0.3, 0.4) is 0 Å². The van der Waals surface area contributed by atoms with E-state index in [9.17, 15) is 14.4 Å². The van der Waals surface area contributed by atoms with Crippen LogP contribution in [-0.2, 0) is 23.9 Å². The van der Waals surface area contributed by atoms with Crippen LogP contribution in [0.15, 0.2) is 0 Å². The zero-order valence-electron chi connectivity index (χ0n) is 8.11. The summed E-state index contributed by atoms with van der Waals surface area (Å²) >= 11 is 0. The van der Waals surface area contributed by atoms with Gasteiger partial charge in [-0.05, 0) is 0 Å². The van der Waals surface area contributed by atoms with E-state index in [1.807, 2.05) is 0 Å². The lowest BCUT2D eigenvalue weighted by atomic mass is 10.3. The summed E-state index contributed by atoms with van der Waals surface area (Å²) in [5, 5.41) is 7.07. The van der Waals surface area contributed by atoms with E-state index in [0.717, 1.165) is 0 Å². The van der Waals surface area contributed by atoms with E-state index in [4.69, 9.17) is 5.41 Å². The average molecular weight is 221 g/mol. The van der Waals surface area contributed by atoms with Gasteiger partial charge in [-0.25, -0.2) is 9.59 Å².